The lowest BCUT2D eigenvalue weighted by atomic mass is 9.88. The van der Waals surface area contributed by atoms with Crippen LogP contribution in [0.4, 0.5) is 0 Å². The summed E-state index contributed by atoms with van der Waals surface area (Å²) >= 11 is 0. The largest absolute Gasteiger partial charge is 0.494 e. The molecule has 2 atom stereocenters. The zero-order valence-corrected chi connectivity index (χ0v) is 21.5. The maximum Gasteiger partial charge on any atom is 0.162 e. The van der Waals surface area contributed by atoms with Crippen LogP contribution in [0.25, 0.3) is 0 Å². The Kier molecular flexibility index (Phi) is 11.4. The molecule has 0 aliphatic heterocycles. The van der Waals surface area contributed by atoms with Crippen LogP contribution < -0.4 is 5.73 Å². The van der Waals surface area contributed by atoms with Gasteiger partial charge in [0.2, 0.25) is 0 Å². The van der Waals surface area contributed by atoms with Crippen molar-refractivity contribution in [1.82, 2.24) is 0 Å². The number of carbonyl (C=O) groups excluding carboxylic acids is 2. The maximum atomic E-state index is 13.0. The van der Waals surface area contributed by atoms with E-state index in [0.717, 1.165) is 68.3 Å². The third-order valence-corrected chi connectivity index (χ3v) is 6.97. The van der Waals surface area contributed by atoms with Gasteiger partial charge in [-0.3, -0.25) is 14.6 Å². The molecular weight excluding hydrogens is 448 g/mol. The first-order valence-corrected chi connectivity index (χ1v) is 13.3. The zero-order chi connectivity index (χ0) is 25.6. The molecule has 0 spiro atoms. The molecule has 1 fully saturated rings. The third kappa shape index (κ3) is 9.10. The second-order valence-electron chi connectivity index (χ2n) is 9.72. The van der Waals surface area contributed by atoms with E-state index in [-0.39, 0.29) is 11.7 Å². The summed E-state index contributed by atoms with van der Waals surface area (Å²) in [4.78, 5) is 29.2. The highest BCUT2D eigenvalue weighted by Crippen LogP contribution is 2.30. The lowest BCUT2D eigenvalue weighted by Gasteiger charge is -2.20. The van der Waals surface area contributed by atoms with Crippen LogP contribution in [0.15, 0.2) is 82.7 Å². The molecule has 2 aliphatic rings. The molecule has 1 saturated carbocycles. The highest BCUT2D eigenvalue weighted by molar-refractivity contribution is 5.96. The van der Waals surface area contributed by atoms with Gasteiger partial charge in [-0.2, -0.15) is 0 Å². The van der Waals surface area contributed by atoms with E-state index in [1.54, 1.807) is 19.3 Å². The molecule has 1 aromatic carbocycles. The van der Waals surface area contributed by atoms with E-state index in [4.69, 9.17) is 10.5 Å². The van der Waals surface area contributed by atoms with Crippen molar-refractivity contribution in [2.75, 3.05) is 13.7 Å². The van der Waals surface area contributed by atoms with Gasteiger partial charge in [0, 0.05) is 43.3 Å². The summed E-state index contributed by atoms with van der Waals surface area (Å²) in [5.41, 5.74) is 8.53. The maximum absolute atomic E-state index is 13.0. The molecule has 0 bridgehead atoms. The van der Waals surface area contributed by atoms with Gasteiger partial charge in [-0.25, -0.2) is 0 Å². The van der Waals surface area contributed by atoms with Gasteiger partial charge in [0.25, 0.3) is 0 Å². The van der Waals surface area contributed by atoms with E-state index in [0.29, 0.717) is 36.8 Å². The van der Waals surface area contributed by atoms with Gasteiger partial charge in [0.1, 0.15) is 11.5 Å². The first-order chi connectivity index (χ1) is 17.6. The van der Waals surface area contributed by atoms with Gasteiger partial charge in [-0.15, -0.1) is 0 Å². The number of rotatable bonds is 12. The van der Waals surface area contributed by atoms with E-state index in [1.807, 2.05) is 42.5 Å². The summed E-state index contributed by atoms with van der Waals surface area (Å²) in [5.74, 6) is 1.87. The van der Waals surface area contributed by atoms with Crippen LogP contribution in [0.5, 0.6) is 0 Å². The molecule has 0 unspecified atom stereocenters. The molecule has 0 aromatic heterocycles. The minimum Gasteiger partial charge on any atom is -0.494 e. The standard InChI is InChI=1S/C31H40N2O3/c1-33-21-20-29(32)25-14-9-15-28(19-18-25)36-23-24-10-5-6-13-27(22-24)31(35)17-8-7-16-30(34)26-11-3-2-4-12-26/h2-4,11-12,14-15,18-21,24,27H,5-10,13,16-17,22-23,32H2,1H3/b29-20-,33-21?/t24-,27-/m1/s1. The molecule has 0 heterocycles. The highest BCUT2D eigenvalue weighted by Gasteiger charge is 2.25. The quantitative estimate of drug-likeness (QED) is 0.157. The van der Waals surface area contributed by atoms with Crippen LogP contribution in [0.1, 0.15) is 74.6 Å². The van der Waals surface area contributed by atoms with E-state index >= 15 is 0 Å². The average molecular weight is 489 g/mol. The second kappa shape index (κ2) is 15.0. The molecule has 2 N–H and O–H groups in total. The molecule has 5 heteroatoms. The number of nitrogens with two attached hydrogens (primary N) is 1. The fourth-order valence-corrected chi connectivity index (χ4v) is 4.86. The number of Topliss-reactive ketones (excluding diaryl/α,β-unsaturated/α-hetero) is 2. The van der Waals surface area contributed by atoms with Gasteiger partial charge >= 0.3 is 0 Å². The van der Waals surface area contributed by atoms with Crippen molar-refractivity contribution < 1.29 is 14.3 Å². The molecule has 192 valence electrons. The molecule has 0 amide bonds. The fourth-order valence-electron chi connectivity index (χ4n) is 4.86. The Morgan fingerprint density at radius 2 is 1.83 bits per heavy atom. The number of ketones is 2. The van der Waals surface area contributed by atoms with E-state index in [9.17, 15) is 9.59 Å². The van der Waals surface area contributed by atoms with Crippen molar-refractivity contribution in [1.29, 1.82) is 0 Å². The van der Waals surface area contributed by atoms with E-state index in [2.05, 4.69) is 17.1 Å². The number of ether oxygens (including phenoxy) is 1. The van der Waals surface area contributed by atoms with Crippen LogP contribution >= 0.6 is 0 Å². The summed E-state index contributed by atoms with van der Waals surface area (Å²) in [6.07, 6.45) is 20.2. The number of carbonyl (C=O) groups is 2. The smallest absolute Gasteiger partial charge is 0.162 e. The van der Waals surface area contributed by atoms with Gasteiger partial charge in [0.05, 0.1) is 6.61 Å². The van der Waals surface area contributed by atoms with Crippen molar-refractivity contribution in [3.05, 3.63) is 83.3 Å². The fraction of sp³-hybridized carbons (Fsp3) is 0.452. The molecule has 0 radical (unpaired) electrons. The van der Waals surface area contributed by atoms with Crippen molar-refractivity contribution in [3.8, 4) is 0 Å². The van der Waals surface area contributed by atoms with Gasteiger partial charge in [-0.05, 0) is 74.3 Å². The number of unbranched alkanes of at least 4 members (excludes halogenated alkanes) is 1. The Balaban J connectivity index is 1.41. The topological polar surface area (TPSA) is 81.8 Å². The summed E-state index contributed by atoms with van der Waals surface area (Å²) in [7, 11) is 1.72. The molecule has 0 saturated heterocycles. The molecule has 36 heavy (non-hydrogen) atoms. The summed E-state index contributed by atoms with van der Waals surface area (Å²) in [6, 6.07) is 9.39. The van der Waals surface area contributed by atoms with Crippen LogP contribution in [-0.2, 0) is 9.53 Å². The van der Waals surface area contributed by atoms with Crippen molar-refractivity contribution in [2.24, 2.45) is 22.6 Å². The predicted molar refractivity (Wildman–Crippen MR) is 147 cm³/mol. The predicted octanol–water partition coefficient (Wildman–Crippen LogP) is 6.53. The van der Waals surface area contributed by atoms with Crippen molar-refractivity contribution in [3.63, 3.8) is 0 Å². The number of aliphatic imine (C=N–C) groups is 1. The number of allylic oxidation sites excluding steroid dienone is 5. The minimum atomic E-state index is 0.114. The first-order valence-electron chi connectivity index (χ1n) is 13.3. The third-order valence-electron chi connectivity index (χ3n) is 6.97. The SMILES string of the molecule is CN=C/C=C(\N)C1=CCC=C(OC[C@@H]2CCCC[C@@H](C(=O)CCCCC(=O)c3ccccc3)C2)C=C1. The van der Waals surface area contributed by atoms with Gasteiger partial charge in [-0.1, -0.05) is 49.2 Å². The van der Waals surface area contributed by atoms with Crippen LogP contribution in [0.3, 0.4) is 0 Å². The molecule has 3 rings (SSSR count). The number of hydrogen-bond donors (Lipinski definition) is 1. The van der Waals surface area contributed by atoms with Crippen LogP contribution in [0.2, 0.25) is 0 Å². The second-order valence-corrected chi connectivity index (χ2v) is 9.72. The molecule has 5 nitrogen and oxygen atoms in total. The molecular formula is C31H40N2O3. The Morgan fingerprint density at radius 3 is 2.64 bits per heavy atom. The summed E-state index contributed by atoms with van der Waals surface area (Å²) in [6.45, 7) is 0.634. The van der Waals surface area contributed by atoms with Crippen molar-refractivity contribution >= 4 is 17.8 Å². The number of nitrogens with zero attached hydrogens (tertiary/aromatic N) is 1. The average Bonchev–Trinajstić information content (AvgIpc) is 3.30. The van der Waals surface area contributed by atoms with Gasteiger partial charge < -0.3 is 10.5 Å². The minimum absolute atomic E-state index is 0.114. The van der Waals surface area contributed by atoms with E-state index in [1.165, 1.54) is 0 Å². The number of benzene rings is 1. The highest BCUT2D eigenvalue weighted by atomic mass is 16.5. The van der Waals surface area contributed by atoms with Crippen LogP contribution in [0, 0.1) is 11.8 Å². The first kappa shape index (κ1) is 27.4. The monoisotopic (exact) mass is 488 g/mol. The number of hydrogen-bond acceptors (Lipinski definition) is 5. The Labute approximate surface area is 215 Å². The normalized spacial score (nSPS) is 20.9. The Morgan fingerprint density at radius 1 is 1.06 bits per heavy atom. The van der Waals surface area contributed by atoms with Crippen molar-refractivity contribution in [2.45, 2.75) is 64.2 Å². The summed E-state index contributed by atoms with van der Waals surface area (Å²) < 4.78 is 6.17. The zero-order valence-electron chi connectivity index (χ0n) is 21.5. The Bertz CT molecular complexity index is 1020. The Hall–Kier alpha value is -3.21. The van der Waals surface area contributed by atoms with Crippen LogP contribution in [-0.4, -0.2) is 31.4 Å². The molecule has 1 aromatic rings. The van der Waals surface area contributed by atoms with E-state index < -0.39 is 0 Å². The summed E-state index contributed by atoms with van der Waals surface area (Å²) in [5, 5.41) is 0. The lowest BCUT2D eigenvalue weighted by Crippen LogP contribution is -2.19. The molecule has 2 aliphatic carbocycles. The van der Waals surface area contributed by atoms with Gasteiger partial charge in [0.15, 0.2) is 5.78 Å². The lowest BCUT2D eigenvalue weighted by molar-refractivity contribution is -0.123.